The molecule has 3 aromatic heterocycles. The molecule has 0 aliphatic heterocycles. The normalized spacial score (nSPS) is 11.5. The molecule has 0 spiro atoms. The van der Waals surface area contributed by atoms with Gasteiger partial charge < -0.3 is 4.42 Å². The highest BCUT2D eigenvalue weighted by Gasteiger charge is 2.17. The largest absolute Gasteiger partial charge is 0.449 e. The van der Waals surface area contributed by atoms with E-state index in [0.29, 0.717) is 23.0 Å². The second kappa shape index (κ2) is 7.90. The van der Waals surface area contributed by atoms with E-state index in [-0.39, 0.29) is 11.4 Å². The van der Waals surface area contributed by atoms with Crippen LogP contribution in [-0.4, -0.2) is 28.4 Å². The van der Waals surface area contributed by atoms with Gasteiger partial charge in [-0.15, -0.1) is 0 Å². The van der Waals surface area contributed by atoms with Crippen molar-refractivity contribution in [2.24, 2.45) is 0 Å². The number of rotatable bonds is 6. The number of nitrogens with zero attached hydrogens (tertiary/aromatic N) is 4. The van der Waals surface area contributed by atoms with E-state index in [1.807, 2.05) is 6.07 Å². The van der Waals surface area contributed by atoms with Gasteiger partial charge in [0.15, 0.2) is 5.89 Å². The lowest BCUT2D eigenvalue weighted by Gasteiger charge is -2.10. The Morgan fingerprint density at radius 1 is 1.00 bits per heavy atom. The van der Waals surface area contributed by atoms with Crippen molar-refractivity contribution < 1.29 is 12.8 Å². The lowest BCUT2D eigenvalue weighted by Crippen LogP contribution is -2.24. The molecule has 0 unspecified atom stereocenters. The van der Waals surface area contributed by atoms with E-state index >= 15 is 0 Å². The Labute approximate surface area is 167 Å². The first-order chi connectivity index (χ1) is 14.0. The number of nitrogens with one attached hydrogen (secondary N) is 1. The third-order valence-electron chi connectivity index (χ3n) is 4.22. The second-order valence-electron chi connectivity index (χ2n) is 6.19. The van der Waals surface area contributed by atoms with Gasteiger partial charge in [0.1, 0.15) is 12.0 Å². The molecule has 0 amide bonds. The summed E-state index contributed by atoms with van der Waals surface area (Å²) in [5.41, 5.74) is 3.29. The predicted molar refractivity (Wildman–Crippen MR) is 106 cm³/mol. The first-order valence-electron chi connectivity index (χ1n) is 8.75. The topological polar surface area (TPSA) is 111 Å². The van der Waals surface area contributed by atoms with E-state index in [9.17, 15) is 8.42 Å². The van der Waals surface area contributed by atoms with Crippen molar-refractivity contribution in [3.63, 3.8) is 0 Å². The van der Waals surface area contributed by atoms with E-state index in [4.69, 9.17) is 4.42 Å². The summed E-state index contributed by atoms with van der Waals surface area (Å²) in [7, 11) is -3.73. The number of pyridine rings is 1. The van der Waals surface area contributed by atoms with Crippen LogP contribution < -0.4 is 4.72 Å². The number of sulfonamides is 1. The van der Waals surface area contributed by atoms with Gasteiger partial charge >= 0.3 is 0 Å². The maximum Gasteiger partial charge on any atom is 0.240 e. The van der Waals surface area contributed by atoms with Crippen molar-refractivity contribution in [1.82, 2.24) is 24.7 Å². The third kappa shape index (κ3) is 4.20. The Bertz CT molecular complexity index is 1220. The van der Waals surface area contributed by atoms with Crippen LogP contribution in [0, 0.1) is 6.92 Å². The molecule has 9 heteroatoms. The molecule has 0 saturated carbocycles. The number of hydrogen-bond acceptors (Lipinski definition) is 7. The summed E-state index contributed by atoms with van der Waals surface area (Å²) in [4.78, 5) is 17.0. The Morgan fingerprint density at radius 3 is 2.48 bits per heavy atom. The molecule has 146 valence electrons. The minimum Gasteiger partial charge on any atom is -0.449 e. The lowest BCUT2D eigenvalue weighted by molar-refractivity contribution is 0.521. The van der Waals surface area contributed by atoms with Crippen LogP contribution in [0.25, 0.3) is 22.5 Å². The molecule has 1 aromatic carbocycles. The van der Waals surface area contributed by atoms with Crippen LogP contribution in [0.3, 0.4) is 0 Å². The van der Waals surface area contributed by atoms with Gasteiger partial charge in [-0.05, 0) is 24.3 Å². The molecule has 0 aliphatic carbocycles. The quantitative estimate of drug-likeness (QED) is 0.523. The number of oxazole rings is 1. The monoisotopic (exact) mass is 407 g/mol. The summed E-state index contributed by atoms with van der Waals surface area (Å²) in [5.74, 6) is 0.548. The van der Waals surface area contributed by atoms with Crippen LogP contribution in [-0.2, 0) is 16.6 Å². The Morgan fingerprint density at radius 2 is 1.79 bits per heavy atom. The van der Waals surface area contributed by atoms with Crippen LogP contribution >= 0.6 is 0 Å². The highest BCUT2D eigenvalue weighted by atomic mass is 32.2. The Balaban J connectivity index is 1.53. The zero-order valence-corrected chi connectivity index (χ0v) is 16.3. The highest BCUT2D eigenvalue weighted by Crippen LogP contribution is 2.22. The number of aryl methyl sites for hydroxylation is 1. The van der Waals surface area contributed by atoms with Crippen molar-refractivity contribution in [1.29, 1.82) is 0 Å². The average Bonchev–Trinajstić information content (AvgIpc) is 3.20. The van der Waals surface area contributed by atoms with Crippen LogP contribution in [0.1, 0.15) is 11.6 Å². The fraction of sp³-hybridized carbons (Fsp3) is 0.100. The zero-order chi connectivity index (χ0) is 20.3. The molecule has 0 radical (unpaired) electrons. The van der Waals surface area contributed by atoms with E-state index in [1.165, 1.54) is 24.6 Å². The molecule has 0 saturated heterocycles. The molecule has 0 atom stereocenters. The van der Waals surface area contributed by atoms with Gasteiger partial charge in [-0.3, -0.25) is 15.0 Å². The molecule has 4 rings (SSSR count). The van der Waals surface area contributed by atoms with Gasteiger partial charge in [-0.25, -0.2) is 18.1 Å². The molecular weight excluding hydrogens is 390 g/mol. The molecule has 4 aromatic rings. The fourth-order valence-electron chi connectivity index (χ4n) is 2.79. The summed E-state index contributed by atoms with van der Waals surface area (Å²) < 4.78 is 33.2. The van der Waals surface area contributed by atoms with Crippen LogP contribution in [0.5, 0.6) is 0 Å². The van der Waals surface area contributed by atoms with Gasteiger partial charge in [-0.1, -0.05) is 12.1 Å². The van der Waals surface area contributed by atoms with Crippen LogP contribution in [0.15, 0.2) is 76.8 Å². The standard InChI is InChI=1S/C20H17N5O3S/c1-14-25-19(13-28-14)15-4-6-17(7-5-15)29(26,27)24-12-18-20(23-10-9-22-18)16-3-2-8-21-11-16/h2-11,13,24H,12H2,1H3. The van der Waals surface area contributed by atoms with Crippen molar-refractivity contribution >= 4 is 10.0 Å². The summed E-state index contributed by atoms with van der Waals surface area (Å²) in [6, 6.07) is 10.1. The summed E-state index contributed by atoms with van der Waals surface area (Å²) >= 11 is 0. The molecule has 0 bridgehead atoms. The fourth-order valence-corrected chi connectivity index (χ4v) is 3.78. The smallest absolute Gasteiger partial charge is 0.240 e. The first-order valence-corrected chi connectivity index (χ1v) is 10.2. The van der Waals surface area contributed by atoms with Gasteiger partial charge in [0.25, 0.3) is 0 Å². The number of benzene rings is 1. The number of aromatic nitrogens is 4. The van der Waals surface area contributed by atoms with Crippen LogP contribution in [0.4, 0.5) is 0 Å². The average molecular weight is 407 g/mol. The van der Waals surface area contributed by atoms with Gasteiger partial charge in [0, 0.05) is 42.8 Å². The molecule has 0 fully saturated rings. The van der Waals surface area contributed by atoms with Crippen molar-refractivity contribution in [2.45, 2.75) is 18.4 Å². The SMILES string of the molecule is Cc1nc(-c2ccc(S(=O)(=O)NCc3nccnc3-c3cccnc3)cc2)co1. The molecule has 0 aliphatic rings. The van der Waals surface area contributed by atoms with Gasteiger partial charge in [0.05, 0.1) is 22.8 Å². The molecule has 1 N–H and O–H groups in total. The van der Waals surface area contributed by atoms with Crippen molar-refractivity contribution in [3.8, 4) is 22.5 Å². The highest BCUT2D eigenvalue weighted by molar-refractivity contribution is 7.89. The molecule has 29 heavy (non-hydrogen) atoms. The molecule has 3 heterocycles. The third-order valence-corrected chi connectivity index (χ3v) is 5.64. The van der Waals surface area contributed by atoms with E-state index in [1.54, 1.807) is 43.7 Å². The van der Waals surface area contributed by atoms with E-state index in [0.717, 1.165) is 11.1 Å². The molecular formula is C20H17N5O3S. The van der Waals surface area contributed by atoms with Crippen molar-refractivity contribution in [3.05, 3.63) is 79.0 Å². The number of hydrogen-bond donors (Lipinski definition) is 1. The lowest BCUT2D eigenvalue weighted by atomic mass is 10.1. The maximum absolute atomic E-state index is 12.7. The summed E-state index contributed by atoms with van der Waals surface area (Å²) in [6.45, 7) is 1.75. The Hall–Kier alpha value is -3.43. The van der Waals surface area contributed by atoms with E-state index in [2.05, 4.69) is 24.7 Å². The summed E-state index contributed by atoms with van der Waals surface area (Å²) in [5, 5.41) is 0. The predicted octanol–water partition coefficient (Wildman–Crippen LogP) is 2.98. The molecule has 8 nitrogen and oxygen atoms in total. The van der Waals surface area contributed by atoms with Crippen LogP contribution in [0.2, 0.25) is 0 Å². The summed E-state index contributed by atoms with van der Waals surface area (Å²) in [6.07, 6.45) is 7.94. The van der Waals surface area contributed by atoms with E-state index < -0.39 is 10.0 Å². The maximum atomic E-state index is 12.7. The minimum absolute atomic E-state index is 0.00460. The first kappa shape index (κ1) is 18.9. The van der Waals surface area contributed by atoms with Gasteiger partial charge in [0.2, 0.25) is 10.0 Å². The van der Waals surface area contributed by atoms with Gasteiger partial charge in [-0.2, -0.15) is 0 Å². The minimum atomic E-state index is -3.73. The second-order valence-corrected chi connectivity index (χ2v) is 7.96. The Kier molecular flexibility index (Phi) is 5.15. The zero-order valence-electron chi connectivity index (χ0n) is 15.5. The van der Waals surface area contributed by atoms with Crippen molar-refractivity contribution in [2.75, 3.05) is 0 Å².